The van der Waals surface area contributed by atoms with Gasteiger partial charge in [-0.15, -0.1) is 0 Å². The second-order valence-corrected chi connectivity index (χ2v) is 9.39. The van der Waals surface area contributed by atoms with Crippen LogP contribution in [0.2, 0.25) is 0 Å². The van der Waals surface area contributed by atoms with E-state index in [1.807, 2.05) is 6.92 Å². The van der Waals surface area contributed by atoms with E-state index in [1.165, 1.54) is 6.20 Å². The van der Waals surface area contributed by atoms with Gasteiger partial charge in [-0.2, -0.15) is 0 Å². The molecule has 1 unspecified atom stereocenters. The van der Waals surface area contributed by atoms with Crippen LogP contribution in [-0.2, 0) is 6.42 Å². The van der Waals surface area contributed by atoms with Gasteiger partial charge in [-0.1, -0.05) is 13.8 Å². The second-order valence-electron chi connectivity index (χ2n) is 9.39. The molecule has 7 nitrogen and oxygen atoms in total. The number of benzene rings is 1. The highest BCUT2D eigenvalue weighted by Crippen LogP contribution is 2.39. The summed E-state index contributed by atoms with van der Waals surface area (Å²) in [5.74, 6) is -3.40. The number of aromatic nitrogens is 2. The van der Waals surface area contributed by atoms with Gasteiger partial charge in [0.05, 0.1) is 17.4 Å². The van der Waals surface area contributed by atoms with E-state index in [0.29, 0.717) is 30.5 Å². The molecule has 0 aliphatic heterocycles. The van der Waals surface area contributed by atoms with E-state index in [1.54, 1.807) is 19.2 Å². The maximum Gasteiger partial charge on any atom is 0.404 e. The Morgan fingerprint density at radius 3 is 2.46 bits per heavy atom. The van der Waals surface area contributed by atoms with Crippen molar-refractivity contribution in [3.05, 3.63) is 77.0 Å². The summed E-state index contributed by atoms with van der Waals surface area (Å²) in [5.41, 5.74) is 0.127. The average molecular weight is 513 g/mol. The third-order valence-corrected chi connectivity index (χ3v) is 6.64. The van der Waals surface area contributed by atoms with Crippen LogP contribution in [-0.4, -0.2) is 33.1 Å². The van der Waals surface area contributed by atoms with Gasteiger partial charge in [0.2, 0.25) is 0 Å². The number of amides is 2. The molecule has 2 aromatic heterocycles. The predicted octanol–water partition coefficient (Wildman–Crippen LogP) is 5.92. The third-order valence-electron chi connectivity index (χ3n) is 6.64. The van der Waals surface area contributed by atoms with E-state index in [4.69, 9.17) is 5.11 Å². The second kappa shape index (κ2) is 11.0. The Morgan fingerprint density at radius 1 is 1.05 bits per heavy atom. The van der Waals surface area contributed by atoms with Gasteiger partial charge in [0.25, 0.3) is 5.91 Å². The summed E-state index contributed by atoms with van der Waals surface area (Å²) in [6, 6.07) is 5.85. The van der Waals surface area contributed by atoms with Crippen LogP contribution in [0, 0.1) is 23.4 Å². The van der Waals surface area contributed by atoms with Crippen molar-refractivity contribution >= 4 is 17.7 Å². The molecule has 10 heteroatoms. The van der Waals surface area contributed by atoms with E-state index in [9.17, 15) is 22.8 Å². The number of rotatable bonds is 6. The minimum Gasteiger partial charge on any atom is -0.465 e. The summed E-state index contributed by atoms with van der Waals surface area (Å²) in [6.07, 6.45) is 4.42. The number of carbonyl (C=O) groups is 2. The number of aryl methyl sites for hydroxylation is 1. The molecule has 1 aliphatic carbocycles. The van der Waals surface area contributed by atoms with Gasteiger partial charge in [0, 0.05) is 12.2 Å². The molecule has 0 spiro atoms. The molecule has 37 heavy (non-hydrogen) atoms. The lowest BCUT2D eigenvalue weighted by Crippen LogP contribution is -2.39. The number of carboxylic acid groups (broad SMARTS) is 1. The molecule has 1 aromatic carbocycles. The summed E-state index contributed by atoms with van der Waals surface area (Å²) >= 11 is 0. The van der Waals surface area contributed by atoms with E-state index < -0.39 is 40.7 Å². The molecular weight excluding hydrogens is 485 g/mol. The van der Waals surface area contributed by atoms with Crippen LogP contribution >= 0.6 is 0 Å². The van der Waals surface area contributed by atoms with Crippen LogP contribution in [0.25, 0.3) is 11.3 Å². The molecule has 2 heterocycles. The zero-order valence-corrected chi connectivity index (χ0v) is 20.4. The van der Waals surface area contributed by atoms with Crippen LogP contribution in [0.4, 0.5) is 23.7 Å². The van der Waals surface area contributed by atoms with Crippen LogP contribution in [0.15, 0.2) is 42.7 Å². The topological polar surface area (TPSA) is 104 Å². The number of hydrogen-bond donors (Lipinski definition) is 3. The van der Waals surface area contributed by atoms with Gasteiger partial charge in [-0.3, -0.25) is 9.78 Å². The highest BCUT2D eigenvalue weighted by Gasteiger charge is 2.30. The lowest BCUT2D eigenvalue weighted by Gasteiger charge is -2.34. The largest absolute Gasteiger partial charge is 0.465 e. The van der Waals surface area contributed by atoms with E-state index >= 15 is 0 Å². The van der Waals surface area contributed by atoms with Gasteiger partial charge < -0.3 is 15.7 Å². The summed E-state index contributed by atoms with van der Waals surface area (Å²) < 4.78 is 43.9. The molecule has 3 atom stereocenters. The fourth-order valence-corrected chi connectivity index (χ4v) is 5.00. The summed E-state index contributed by atoms with van der Waals surface area (Å²) in [4.78, 5) is 32.3. The Hall–Kier alpha value is -3.95. The van der Waals surface area contributed by atoms with Gasteiger partial charge in [0.1, 0.15) is 28.8 Å². The van der Waals surface area contributed by atoms with Crippen molar-refractivity contribution in [1.82, 2.24) is 15.3 Å². The SMILES string of the molecule is CCc1cc(F)c(-c2nc(C(=O)Nc3cnccc3[C@H]3CC(NC(=O)O)C[C@@H](C)C3)ccc2F)c(F)c1. The molecular formula is C27H27F3N4O3. The molecule has 3 N–H and O–H groups in total. The van der Waals surface area contributed by atoms with E-state index in [0.717, 1.165) is 36.2 Å². The van der Waals surface area contributed by atoms with Crippen LogP contribution in [0.5, 0.6) is 0 Å². The first kappa shape index (κ1) is 26.1. The van der Waals surface area contributed by atoms with Gasteiger partial charge in [-0.05, 0) is 79.0 Å². The monoisotopic (exact) mass is 512 g/mol. The number of nitrogens with zero attached hydrogens (tertiary/aromatic N) is 2. The molecule has 4 rings (SSSR count). The summed E-state index contributed by atoms with van der Waals surface area (Å²) in [5, 5.41) is 14.4. The molecule has 1 aliphatic rings. The molecule has 0 bridgehead atoms. The molecule has 0 radical (unpaired) electrons. The number of carbonyl (C=O) groups excluding carboxylic acids is 1. The first-order valence-corrected chi connectivity index (χ1v) is 12.1. The molecule has 194 valence electrons. The lowest BCUT2D eigenvalue weighted by molar-refractivity contribution is 0.102. The van der Waals surface area contributed by atoms with Gasteiger partial charge >= 0.3 is 6.09 Å². The molecule has 1 saturated carbocycles. The van der Waals surface area contributed by atoms with Crippen molar-refractivity contribution in [2.75, 3.05) is 5.32 Å². The minimum atomic E-state index is -1.09. The Kier molecular flexibility index (Phi) is 7.75. The van der Waals surface area contributed by atoms with Crippen molar-refractivity contribution in [2.45, 2.75) is 51.5 Å². The van der Waals surface area contributed by atoms with Crippen molar-refractivity contribution in [2.24, 2.45) is 5.92 Å². The minimum absolute atomic E-state index is 0.0455. The maximum absolute atomic E-state index is 14.6. The van der Waals surface area contributed by atoms with Crippen molar-refractivity contribution in [1.29, 1.82) is 0 Å². The third kappa shape index (κ3) is 5.90. The predicted molar refractivity (Wildman–Crippen MR) is 132 cm³/mol. The van der Waals surface area contributed by atoms with Crippen LogP contribution in [0.1, 0.15) is 60.6 Å². The van der Waals surface area contributed by atoms with Crippen molar-refractivity contribution in [3.8, 4) is 11.3 Å². The van der Waals surface area contributed by atoms with E-state index in [2.05, 4.69) is 20.6 Å². The van der Waals surface area contributed by atoms with Crippen LogP contribution < -0.4 is 10.6 Å². The first-order valence-electron chi connectivity index (χ1n) is 12.1. The Bertz CT molecular complexity index is 1310. The molecule has 0 saturated heterocycles. The van der Waals surface area contributed by atoms with Crippen molar-refractivity contribution in [3.63, 3.8) is 0 Å². The Labute approximate surface area is 212 Å². The lowest BCUT2D eigenvalue weighted by atomic mass is 9.76. The maximum atomic E-state index is 14.6. The quantitative estimate of drug-likeness (QED) is 0.381. The standard InChI is InChI=1S/C27H27F3N4O3/c1-3-15-10-20(29)24(21(30)11-15)25-19(28)4-5-22(33-25)26(35)34-23-13-31-7-6-18(23)16-8-14(2)9-17(12-16)32-27(36)37/h4-7,10-11,13-14,16-17,32H,3,8-9,12H2,1-2H3,(H,34,35)(H,36,37)/t14-,16+,17?/m0/s1. The average Bonchev–Trinajstić information content (AvgIpc) is 2.84. The number of nitrogens with one attached hydrogen (secondary N) is 2. The highest BCUT2D eigenvalue weighted by molar-refractivity contribution is 6.03. The number of anilines is 1. The van der Waals surface area contributed by atoms with Gasteiger partial charge in [0.15, 0.2) is 0 Å². The summed E-state index contributed by atoms with van der Waals surface area (Å²) in [6.45, 7) is 3.78. The number of halogens is 3. The summed E-state index contributed by atoms with van der Waals surface area (Å²) in [7, 11) is 0. The number of hydrogen-bond acceptors (Lipinski definition) is 4. The first-order chi connectivity index (χ1) is 17.7. The molecule has 2 amide bonds. The van der Waals surface area contributed by atoms with Gasteiger partial charge in [-0.25, -0.2) is 22.9 Å². The Morgan fingerprint density at radius 2 is 1.78 bits per heavy atom. The van der Waals surface area contributed by atoms with E-state index in [-0.39, 0.29) is 23.6 Å². The fraction of sp³-hybridized carbons (Fsp3) is 0.333. The highest BCUT2D eigenvalue weighted by atomic mass is 19.1. The van der Waals surface area contributed by atoms with Crippen molar-refractivity contribution < 1.29 is 27.9 Å². The fourth-order valence-electron chi connectivity index (χ4n) is 5.00. The van der Waals surface area contributed by atoms with Crippen LogP contribution in [0.3, 0.4) is 0 Å². The normalized spacial score (nSPS) is 19.3. The zero-order chi connectivity index (χ0) is 26.7. The zero-order valence-electron chi connectivity index (χ0n) is 20.4. The number of pyridine rings is 2. The Balaban J connectivity index is 1.62. The molecule has 1 fully saturated rings. The molecule has 3 aromatic rings. The smallest absolute Gasteiger partial charge is 0.404 e.